The fourth-order valence-corrected chi connectivity index (χ4v) is 1.50. The van der Waals surface area contributed by atoms with Gasteiger partial charge in [0.2, 0.25) is 0 Å². The molecule has 0 aliphatic rings. The number of nitrogens with two attached hydrogens (primary N) is 1. The molecule has 1 aromatic carbocycles. The summed E-state index contributed by atoms with van der Waals surface area (Å²) in [6.07, 6.45) is -0.241. The van der Waals surface area contributed by atoms with Crippen molar-refractivity contribution in [3.63, 3.8) is 0 Å². The summed E-state index contributed by atoms with van der Waals surface area (Å²) in [7, 11) is 0. The van der Waals surface area contributed by atoms with Crippen LogP contribution in [0, 0.1) is 5.82 Å². The number of rotatable bonds is 3. The molecule has 0 saturated carbocycles. The van der Waals surface area contributed by atoms with Gasteiger partial charge in [0.1, 0.15) is 5.82 Å². The van der Waals surface area contributed by atoms with Crippen LogP contribution >= 0.6 is 11.6 Å². The molecule has 0 heterocycles. The van der Waals surface area contributed by atoms with Crippen LogP contribution in [0.5, 0.6) is 0 Å². The molecule has 0 aliphatic carbocycles. The van der Waals surface area contributed by atoms with Crippen molar-refractivity contribution in [2.24, 2.45) is 5.73 Å². The number of aryl methyl sites for hydroxylation is 1. The SMILES string of the molecule is CCc1cc(C(O)CN)cc(Cl)c1F. The summed E-state index contributed by atoms with van der Waals surface area (Å²) in [4.78, 5) is 0. The van der Waals surface area contributed by atoms with Crippen molar-refractivity contribution in [3.8, 4) is 0 Å². The largest absolute Gasteiger partial charge is 0.387 e. The third kappa shape index (κ3) is 2.23. The normalized spacial score (nSPS) is 12.9. The second-order valence-corrected chi connectivity index (χ2v) is 3.49. The lowest BCUT2D eigenvalue weighted by Gasteiger charge is -2.11. The lowest BCUT2D eigenvalue weighted by atomic mass is 10.0. The molecule has 14 heavy (non-hydrogen) atoms. The Morgan fingerprint density at radius 3 is 2.71 bits per heavy atom. The summed E-state index contributed by atoms with van der Waals surface area (Å²) in [6, 6.07) is 3.01. The summed E-state index contributed by atoms with van der Waals surface area (Å²) in [5.74, 6) is -0.415. The number of halogens is 2. The van der Waals surface area contributed by atoms with Gasteiger partial charge in [-0.05, 0) is 23.6 Å². The molecule has 78 valence electrons. The van der Waals surface area contributed by atoms with Gasteiger partial charge in [-0.25, -0.2) is 4.39 Å². The Labute approximate surface area is 87.5 Å². The van der Waals surface area contributed by atoms with Crippen LogP contribution < -0.4 is 5.73 Å². The lowest BCUT2D eigenvalue weighted by molar-refractivity contribution is 0.186. The van der Waals surface area contributed by atoms with E-state index in [4.69, 9.17) is 17.3 Å². The maximum atomic E-state index is 13.3. The number of benzene rings is 1. The molecule has 1 aromatic rings. The molecular weight excluding hydrogens is 205 g/mol. The molecule has 1 unspecified atom stereocenters. The van der Waals surface area contributed by atoms with Gasteiger partial charge in [0.25, 0.3) is 0 Å². The molecule has 2 nitrogen and oxygen atoms in total. The average molecular weight is 218 g/mol. The number of aliphatic hydroxyl groups excluding tert-OH is 1. The quantitative estimate of drug-likeness (QED) is 0.814. The highest BCUT2D eigenvalue weighted by Crippen LogP contribution is 2.24. The van der Waals surface area contributed by atoms with E-state index in [9.17, 15) is 9.50 Å². The minimum Gasteiger partial charge on any atom is -0.387 e. The van der Waals surface area contributed by atoms with E-state index >= 15 is 0 Å². The summed E-state index contributed by atoms with van der Waals surface area (Å²) < 4.78 is 13.3. The molecule has 0 bridgehead atoms. The number of aliphatic hydroxyl groups is 1. The molecule has 3 N–H and O–H groups in total. The summed E-state index contributed by atoms with van der Waals surface area (Å²) in [5.41, 5.74) is 6.36. The predicted molar refractivity (Wildman–Crippen MR) is 54.8 cm³/mol. The van der Waals surface area contributed by atoms with Crippen molar-refractivity contribution in [2.45, 2.75) is 19.4 Å². The van der Waals surface area contributed by atoms with E-state index in [1.54, 1.807) is 6.07 Å². The van der Waals surface area contributed by atoms with Crippen LogP contribution in [0.25, 0.3) is 0 Å². The fraction of sp³-hybridized carbons (Fsp3) is 0.400. The van der Waals surface area contributed by atoms with E-state index in [0.717, 1.165) is 0 Å². The van der Waals surface area contributed by atoms with Crippen LogP contribution in [-0.2, 0) is 6.42 Å². The summed E-state index contributed by atoms with van der Waals surface area (Å²) in [6.45, 7) is 1.93. The molecule has 0 amide bonds. The van der Waals surface area contributed by atoms with Gasteiger partial charge >= 0.3 is 0 Å². The van der Waals surface area contributed by atoms with E-state index < -0.39 is 11.9 Å². The third-order valence-electron chi connectivity index (χ3n) is 2.11. The van der Waals surface area contributed by atoms with Gasteiger partial charge < -0.3 is 10.8 Å². The summed E-state index contributed by atoms with van der Waals surface area (Å²) >= 11 is 5.67. The van der Waals surface area contributed by atoms with E-state index in [0.29, 0.717) is 17.5 Å². The van der Waals surface area contributed by atoms with Gasteiger partial charge in [0.05, 0.1) is 11.1 Å². The van der Waals surface area contributed by atoms with Crippen molar-refractivity contribution in [1.29, 1.82) is 0 Å². The first-order valence-electron chi connectivity index (χ1n) is 4.46. The zero-order chi connectivity index (χ0) is 10.7. The smallest absolute Gasteiger partial charge is 0.144 e. The van der Waals surface area contributed by atoms with Crippen molar-refractivity contribution in [1.82, 2.24) is 0 Å². The molecular formula is C10H13ClFNO. The van der Waals surface area contributed by atoms with Gasteiger partial charge in [-0.1, -0.05) is 24.6 Å². The van der Waals surface area contributed by atoms with Gasteiger partial charge in [0, 0.05) is 6.54 Å². The molecule has 0 saturated heterocycles. The molecule has 4 heteroatoms. The highest BCUT2D eigenvalue weighted by molar-refractivity contribution is 6.30. The summed E-state index contributed by atoms with van der Waals surface area (Å²) in [5, 5.41) is 9.49. The average Bonchev–Trinajstić information content (AvgIpc) is 2.20. The van der Waals surface area contributed by atoms with E-state index in [1.807, 2.05) is 6.92 Å². The van der Waals surface area contributed by atoms with Crippen LogP contribution in [0.15, 0.2) is 12.1 Å². The van der Waals surface area contributed by atoms with E-state index in [2.05, 4.69) is 0 Å². The minimum atomic E-state index is -0.779. The van der Waals surface area contributed by atoms with Crippen molar-refractivity contribution in [2.75, 3.05) is 6.54 Å². The second kappa shape index (κ2) is 4.73. The maximum absolute atomic E-state index is 13.3. The predicted octanol–water partition coefficient (Wildman–Crippen LogP) is 2.03. The van der Waals surface area contributed by atoms with Crippen LogP contribution in [0.3, 0.4) is 0 Å². The Kier molecular flexibility index (Phi) is 3.86. The molecule has 0 fully saturated rings. The van der Waals surface area contributed by atoms with Crippen molar-refractivity contribution >= 4 is 11.6 Å². The zero-order valence-electron chi connectivity index (χ0n) is 7.93. The van der Waals surface area contributed by atoms with Crippen LogP contribution in [0.4, 0.5) is 4.39 Å². The standard InChI is InChI=1S/C10H13ClFNO/c1-2-6-3-7(9(14)5-13)4-8(11)10(6)12/h3-4,9,14H,2,5,13H2,1H3. The van der Waals surface area contributed by atoms with E-state index in [-0.39, 0.29) is 11.6 Å². The zero-order valence-corrected chi connectivity index (χ0v) is 8.68. The topological polar surface area (TPSA) is 46.2 Å². The van der Waals surface area contributed by atoms with E-state index in [1.165, 1.54) is 6.07 Å². The van der Waals surface area contributed by atoms with Gasteiger partial charge in [0.15, 0.2) is 0 Å². The Hall–Kier alpha value is -0.640. The highest BCUT2D eigenvalue weighted by atomic mass is 35.5. The molecule has 0 spiro atoms. The van der Waals surface area contributed by atoms with Gasteiger partial charge in [-0.15, -0.1) is 0 Å². The molecule has 0 radical (unpaired) electrons. The second-order valence-electron chi connectivity index (χ2n) is 3.08. The molecule has 1 atom stereocenters. The van der Waals surface area contributed by atoms with Crippen molar-refractivity contribution in [3.05, 3.63) is 34.1 Å². The van der Waals surface area contributed by atoms with Gasteiger partial charge in [-0.3, -0.25) is 0 Å². The lowest BCUT2D eigenvalue weighted by Crippen LogP contribution is -2.12. The Morgan fingerprint density at radius 2 is 2.21 bits per heavy atom. The molecule has 1 rings (SSSR count). The minimum absolute atomic E-state index is 0.0341. The van der Waals surface area contributed by atoms with Crippen molar-refractivity contribution < 1.29 is 9.50 Å². The molecule has 0 aliphatic heterocycles. The number of hydrogen-bond donors (Lipinski definition) is 2. The Bertz CT molecular complexity index is 330. The Balaban J connectivity index is 3.16. The monoisotopic (exact) mass is 217 g/mol. The highest BCUT2D eigenvalue weighted by Gasteiger charge is 2.12. The first kappa shape index (κ1) is 11.4. The van der Waals surface area contributed by atoms with Gasteiger partial charge in [-0.2, -0.15) is 0 Å². The number of hydrogen-bond acceptors (Lipinski definition) is 2. The first-order valence-corrected chi connectivity index (χ1v) is 4.83. The third-order valence-corrected chi connectivity index (χ3v) is 2.39. The fourth-order valence-electron chi connectivity index (χ4n) is 1.26. The van der Waals surface area contributed by atoms with Crippen LogP contribution in [0.1, 0.15) is 24.2 Å². The first-order chi connectivity index (χ1) is 6.60. The maximum Gasteiger partial charge on any atom is 0.144 e. The van der Waals surface area contributed by atoms with Crippen LogP contribution in [-0.4, -0.2) is 11.7 Å². The molecule has 0 aromatic heterocycles. The van der Waals surface area contributed by atoms with Crippen LogP contribution in [0.2, 0.25) is 5.02 Å². The Morgan fingerprint density at radius 1 is 1.57 bits per heavy atom.